The first kappa shape index (κ1) is 15.7. The van der Waals surface area contributed by atoms with Crippen LogP contribution < -0.4 is 5.32 Å². The van der Waals surface area contributed by atoms with E-state index < -0.39 is 0 Å². The highest BCUT2D eigenvalue weighted by Crippen LogP contribution is 2.32. The first-order valence-corrected chi connectivity index (χ1v) is 7.76. The Hall–Kier alpha value is -2.15. The highest BCUT2D eigenvalue weighted by atomic mass is 16.5. The SMILES string of the molecule is CCOC(=O)c1cnc2c(c(C)nn2C)c1NCC1(C)COC1. The third-order valence-electron chi connectivity index (χ3n) is 4.12. The van der Waals surface area contributed by atoms with Crippen LogP contribution in [-0.2, 0) is 16.5 Å². The number of esters is 1. The Morgan fingerprint density at radius 1 is 1.52 bits per heavy atom. The largest absolute Gasteiger partial charge is 0.462 e. The number of nitrogens with one attached hydrogen (secondary N) is 1. The maximum Gasteiger partial charge on any atom is 0.341 e. The molecule has 1 aliphatic rings. The zero-order chi connectivity index (χ0) is 16.6. The van der Waals surface area contributed by atoms with Crippen molar-refractivity contribution < 1.29 is 14.3 Å². The van der Waals surface area contributed by atoms with Gasteiger partial charge in [0, 0.05) is 25.2 Å². The second-order valence-electron chi connectivity index (χ2n) is 6.33. The van der Waals surface area contributed by atoms with Gasteiger partial charge in [-0.05, 0) is 13.8 Å². The Morgan fingerprint density at radius 3 is 2.87 bits per heavy atom. The number of hydrogen-bond donors (Lipinski definition) is 1. The predicted octanol–water partition coefficient (Wildman–Crippen LogP) is 1.90. The summed E-state index contributed by atoms with van der Waals surface area (Å²) in [4.78, 5) is 16.7. The van der Waals surface area contributed by atoms with Gasteiger partial charge in [-0.15, -0.1) is 0 Å². The molecule has 0 amide bonds. The summed E-state index contributed by atoms with van der Waals surface area (Å²) in [7, 11) is 1.84. The quantitative estimate of drug-likeness (QED) is 0.848. The van der Waals surface area contributed by atoms with Gasteiger partial charge < -0.3 is 14.8 Å². The minimum atomic E-state index is -0.373. The first-order valence-electron chi connectivity index (χ1n) is 7.76. The standard InChI is InChI=1S/C16H22N4O3/c1-5-23-15(21)11-6-17-14-12(10(2)19-20(14)4)13(11)18-7-16(3)8-22-9-16/h6H,5,7-9H2,1-4H3,(H,17,18). The molecular formula is C16H22N4O3. The summed E-state index contributed by atoms with van der Waals surface area (Å²) in [5.74, 6) is -0.373. The number of carbonyl (C=O) groups excluding carboxylic acids is 1. The van der Waals surface area contributed by atoms with E-state index in [0.717, 1.165) is 35.6 Å². The lowest BCUT2D eigenvalue weighted by molar-refractivity contribution is -0.0924. The van der Waals surface area contributed by atoms with Gasteiger partial charge in [0.05, 0.1) is 36.6 Å². The molecule has 2 aromatic rings. The van der Waals surface area contributed by atoms with E-state index in [1.165, 1.54) is 0 Å². The van der Waals surface area contributed by atoms with Crippen molar-refractivity contribution in [2.24, 2.45) is 12.5 Å². The lowest BCUT2D eigenvalue weighted by Gasteiger charge is -2.38. The van der Waals surface area contributed by atoms with Crippen molar-refractivity contribution >= 4 is 22.7 Å². The summed E-state index contributed by atoms with van der Waals surface area (Å²) in [6, 6.07) is 0. The monoisotopic (exact) mass is 318 g/mol. The molecule has 1 N–H and O–H groups in total. The number of hydrogen-bond acceptors (Lipinski definition) is 6. The Kier molecular flexibility index (Phi) is 3.97. The van der Waals surface area contributed by atoms with Crippen LogP contribution >= 0.6 is 0 Å². The van der Waals surface area contributed by atoms with E-state index in [2.05, 4.69) is 22.3 Å². The molecule has 0 bridgehead atoms. The molecule has 3 rings (SSSR count). The molecular weight excluding hydrogens is 296 g/mol. The van der Waals surface area contributed by atoms with Crippen LogP contribution in [0.5, 0.6) is 0 Å². The summed E-state index contributed by atoms with van der Waals surface area (Å²) in [5, 5.41) is 8.69. The number of aromatic nitrogens is 3. The van der Waals surface area contributed by atoms with E-state index in [-0.39, 0.29) is 11.4 Å². The molecule has 0 radical (unpaired) electrons. The molecule has 124 valence electrons. The van der Waals surface area contributed by atoms with E-state index in [4.69, 9.17) is 9.47 Å². The van der Waals surface area contributed by atoms with Crippen molar-refractivity contribution in [3.8, 4) is 0 Å². The normalized spacial score (nSPS) is 16.2. The number of carbonyl (C=O) groups is 1. The van der Waals surface area contributed by atoms with Crippen molar-refractivity contribution in [3.63, 3.8) is 0 Å². The molecule has 1 saturated heterocycles. The molecule has 0 aliphatic carbocycles. The number of nitrogens with zero attached hydrogens (tertiary/aromatic N) is 3. The van der Waals surface area contributed by atoms with Crippen molar-refractivity contribution in [1.82, 2.24) is 14.8 Å². The van der Waals surface area contributed by atoms with Crippen molar-refractivity contribution in [2.75, 3.05) is 31.7 Å². The summed E-state index contributed by atoms with van der Waals surface area (Å²) < 4.78 is 12.2. The molecule has 2 aromatic heterocycles. The Balaban J connectivity index is 2.05. The topological polar surface area (TPSA) is 78.3 Å². The zero-order valence-electron chi connectivity index (χ0n) is 14.0. The van der Waals surface area contributed by atoms with E-state index in [9.17, 15) is 4.79 Å². The van der Waals surface area contributed by atoms with Gasteiger partial charge in [-0.3, -0.25) is 4.68 Å². The fraction of sp³-hybridized carbons (Fsp3) is 0.562. The highest BCUT2D eigenvalue weighted by Gasteiger charge is 2.34. The number of rotatable bonds is 5. The van der Waals surface area contributed by atoms with E-state index in [0.29, 0.717) is 18.7 Å². The van der Waals surface area contributed by atoms with Crippen LogP contribution in [0.15, 0.2) is 6.20 Å². The zero-order valence-corrected chi connectivity index (χ0v) is 14.0. The molecule has 7 nitrogen and oxygen atoms in total. The predicted molar refractivity (Wildman–Crippen MR) is 86.6 cm³/mol. The summed E-state index contributed by atoms with van der Waals surface area (Å²) in [5.41, 5.74) is 2.84. The molecule has 3 heterocycles. The lowest BCUT2D eigenvalue weighted by Crippen LogP contribution is -2.45. The molecule has 0 aromatic carbocycles. The van der Waals surface area contributed by atoms with Gasteiger partial charge in [0.25, 0.3) is 0 Å². The number of fused-ring (bicyclic) bond motifs is 1. The first-order chi connectivity index (χ1) is 10.9. The van der Waals surface area contributed by atoms with Crippen LogP contribution in [0.3, 0.4) is 0 Å². The summed E-state index contributed by atoms with van der Waals surface area (Å²) >= 11 is 0. The second-order valence-corrected chi connectivity index (χ2v) is 6.33. The minimum Gasteiger partial charge on any atom is -0.462 e. The van der Waals surface area contributed by atoms with Crippen LogP contribution in [0.25, 0.3) is 11.0 Å². The van der Waals surface area contributed by atoms with Crippen LogP contribution in [0.2, 0.25) is 0 Å². The van der Waals surface area contributed by atoms with Gasteiger partial charge in [-0.25, -0.2) is 9.78 Å². The summed E-state index contributed by atoms with van der Waals surface area (Å²) in [6.07, 6.45) is 1.56. The number of anilines is 1. The number of pyridine rings is 1. The van der Waals surface area contributed by atoms with E-state index >= 15 is 0 Å². The van der Waals surface area contributed by atoms with E-state index in [1.54, 1.807) is 17.8 Å². The van der Waals surface area contributed by atoms with Gasteiger partial charge in [0.1, 0.15) is 5.56 Å². The van der Waals surface area contributed by atoms with Crippen molar-refractivity contribution in [2.45, 2.75) is 20.8 Å². The summed E-state index contributed by atoms with van der Waals surface area (Å²) in [6.45, 7) is 8.34. The number of ether oxygens (including phenoxy) is 2. The molecule has 1 fully saturated rings. The highest BCUT2D eigenvalue weighted by molar-refractivity contribution is 6.05. The fourth-order valence-corrected chi connectivity index (χ4v) is 2.81. The Bertz CT molecular complexity index is 749. The molecule has 0 spiro atoms. The van der Waals surface area contributed by atoms with Gasteiger partial charge in [-0.2, -0.15) is 5.10 Å². The second kappa shape index (κ2) is 5.81. The lowest BCUT2D eigenvalue weighted by atomic mass is 9.88. The number of aryl methyl sites for hydroxylation is 2. The van der Waals surface area contributed by atoms with Crippen LogP contribution in [0.1, 0.15) is 29.9 Å². The molecule has 7 heteroatoms. The van der Waals surface area contributed by atoms with Gasteiger partial charge in [0.15, 0.2) is 5.65 Å². The van der Waals surface area contributed by atoms with Gasteiger partial charge in [-0.1, -0.05) is 6.92 Å². The maximum atomic E-state index is 12.3. The molecule has 0 unspecified atom stereocenters. The molecule has 0 atom stereocenters. The smallest absolute Gasteiger partial charge is 0.341 e. The van der Waals surface area contributed by atoms with Gasteiger partial charge in [0.2, 0.25) is 0 Å². The average molecular weight is 318 g/mol. The molecule has 0 saturated carbocycles. The van der Waals surface area contributed by atoms with Gasteiger partial charge >= 0.3 is 5.97 Å². The third-order valence-corrected chi connectivity index (χ3v) is 4.12. The maximum absolute atomic E-state index is 12.3. The van der Waals surface area contributed by atoms with Crippen LogP contribution in [-0.4, -0.2) is 47.1 Å². The molecule has 23 heavy (non-hydrogen) atoms. The van der Waals surface area contributed by atoms with Crippen molar-refractivity contribution in [3.05, 3.63) is 17.5 Å². The average Bonchev–Trinajstić information content (AvgIpc) is 2.78. The van der Waals surface area contributed by atoms with Crippen LogP contribution in [0.4, 0.5) is 5.69 Å². The fourth-order valence-electron chi connectivity index (χ4n) is 2.81. The Morgan fingerprint density at radius 2 is 2.26 bits per heavy atom. The van der Waals surface area contributed by atoms with E-state index in [1.807, 2.05) is 14.0 Å². The Labute approximate surface area is 135 Å². The minimum absolute atomic E-state index is 0.0810. The molecule has 1 aliphatic heterocycles. The van der Waals surface area contributed by atoms with Crippen molar-refractivity contribution in [1.29, 1.82) is 0 Å². The third kappa shape index (κ3) is 2.76. The van der Waals surface area contributed by atoms with Crippen LogP contribution in [0, 0.1) is 12.3 Å².